The third-order valence-corrected chi connectivity index (χ3v) is 7.42. The molecule has 0 saturated heterocycles. The average molecular weight is 526 g/mol. The van der Waals surface area contributed by atoms with E-state index in [9.17, 15) is 22.4 Å². The lowest BCUT2D eigenvalue weighted by molar-refractivity contribution is -0.128. The van der Waals surface area contributed by atoms with Crippen molar-refractivity contribution in [1.29, 1.82) is 0 Å². The summed E-state index contributed by atoms with van der Waals surface area (Å²) in [5, 5.41) is 5.61. The Morgan fingerprint density at radius 3 is 2.50 bits per heavy atom. The Bertz CT molecular complexity index is 1310. The molecule has 0 spiro atoms. The van der Waals surface area contributed by atoms with Crippen LogP contribution in [0.15, 0.2) is 18.3 Å². The van der Waals surface area contributed by atoms with E-state index in [1.54, 1.807) is 4.57 Å². The molecule has 0 atom stereocenters. The smallest absolute Gasteiger partial charge is 0.252 e. The number of nitrogens with zero attached hydrogens (tertiary/aromatic N) is 4. The predicted molar refractivity (Wildman–Crippen MR) is 126 cm³/mol. The molecule has 2 aliphatic carbocycles. The third-order valence-electron chi connectivity index (χ3n) is 7.12. The van der Waals surface area contributed by atoms with E-state index in [2.05, 4.69) is 25.6 Å². The van der Waals surface area contributed by atoms with Crippen molar-refractivity contribution in [3.8, 4) is 0 Å². The SMILES string of the molecule is C[C@]1(C(N)=O)CC[C@@H](n2c(Nc3c(F)cc(F)cc3Cl)nc3cnc(NC4CC(F)(F)C4)nc32)CC1. The normalized spacial score (nSPS) is 23.9. The quantitative estimate of drug-likeness (QED) is 0.376. The number of amides is 1. The minimum absolute atomic E-state index is 0.157. The average Bonchev–Trinajstić information content (AvgIpc) is 3.13. The van der Waals surface area contributed by atoms with Gasteiger partial charge in [-0.25, -0.2) is 27.5 Å². The van der Waals surface area contributed by atoms with Gasteiger partial charge in [0.05, 0.1) is 16.9 Å². The summed E-state index contributed by atoms with van der Waals surface area (Å²) in [7, 11) is 0. The Labute approximate surface area is 208 Å². The van der Waals surface area contributed by atoms with E-state index < -0.39 is 29.0 Å². The van der Waals surface area contributed by atoms with E-state index in [1.165, 1.54) is 6.20 Å². The third kappa shape index (κ3) is 4.54. The van der Waals surface area contributed by atoms with Gasteiger partial charge in [-0.1, -0.05) is 18.5 Å². The van der Waals surface area contributed by atoms with Gasteiger partial charge in [0.2, 0.25) is 17.8 Å². The summed E-state index contributed by atoms with van der Waals surface area (Å²) >= 11 is 6.09. The molecule has 36 heavy (non-hydrogen) atoms. The fraction of sp³-hybridized carbons (Fsp3) is 0.478. The lowest BCUT2D eigenvalue weighted by Gasteiger charge is -2.36. The molecule has 3 aromatic rings. The van der Waals surface area contributed by atoms with Crippen LogP contribution in [0.4, 0.5) is 35.1 Å². The number of benzene rings is 1. The zero-order chi connectivity index (χ0) is 25.8. The van der Waals surface area contributed by atoms with Gasteiger partial charge in [0.1, 0.15) is 11.3 Å². The number of hydrogen-bond acceptors (Lipinski definition) is 6. The van der Waals surface area contributed by atoms with Crippen molar-refractivity contribution in [3.63, 3.8) is 0 Å². The molecule has 192 valence electrons. The van der Waals surface area contributed by atoms with E-state index in [0.717, 1.165) is 6.07 Å². The highest BCUT2D eigenvalue weighted by Gasteiger charge is 2.45. The predicted octanol–water partition coefficient (Wildman–Crippen LogP) is 5.32. The zero-order valence-corrected chi connectivity index (χ0v) is 20.0. The molecule has 4 N–H and O–H groups in total. The van der Waals surface area contributed by atoms with Crippen LogP contribution in [0.3, 0.4) is 0 Å². The van der Waals surface area contributed by atoms with Gasteiger partial charge in [0.15, 0.2) is 11.5 Å². The monoisotopic (exact) mass is 525 g/mol. The van der Waals surface area contributed by atoms with Crippen molar-refractivity contribution in [2.24, 2.45) is 11.1 Å². The Kier molecular flexibility index (Phi) is 5.97. The number of rotatable bonds is 6. The van der Waals surface area contributed by atoms with Crippen LogP contribution in [0.1, 0.15) is 51.5 Å². The van der Waals surface area contributed by atoms with Crippen molar-refractivity contribution >= 4 is 46.3 Å². The molecule has 2 saturated carbocycles. The van der Waals surface area contributed by atoms with Crippen LogP contribution in [0.5, 0.6) is 0 Å². The lowest BCUT2D eigenvalue weighted by Crippen LogP contribution is -2.44. The number of anilines is 3. The summed E-state index contributed by atoms with van der Waals surface area (Å²) in [5.74, 6) is -4.43. The van der Waals surface area contributed by atoms with Gasteiger partial charge in [-0.3, -0.25) is 9.36 Å². The van der Waals surface area contributed by atoms with Crippen molar-refractivity contribution in [3.05, 3.63) is 35.0 Å². The first kappa shape index (κ1) is 24.5. The Morgan fingerprint density at radius 2 is 1.89 bits per heavy atom. The topological polar surface area (TPSA) is 111 Å². The summed E-state index contributed by atoms with van der Waals surface area (Å²) in [6.07, 6.45) is 2.98. The maximum atomic E-state index is 14.6. The minimum Gasteiger partial charge on any atom is -0.369 e. The van der Waals surface area contributed by atoms with E-state index in [4.69, 9.17) is 17.3 Å². The van der Waals surface area contributed by atoms with Crippen LogP contribution >= 0.6 is 11.6 Å². The molecular formula is C23H24ClF4N7O. The van der Waals surface area contributed by atoms with Crippen LogP contribution < -0.4 is 16.4 Å². The van der Waals surface area contributed by atoms with E-state index in [0.29, 0.717) is 42.9 Å². The molecule has 2 fully saturated rings. The number of halogens is 5. The van der Waals surface area contributed by atoms with E-state index >= 15 is 0 Å². The zero-order valence-electron chi connectivity index (χ0n) is 19.3. The number of fused-ring (bicyclic) bond motifs is 1. The molecule has 2 aliphatic rings. The minimum atomic E-state index is -2.70. The highest BCUT2D eigenvalue weighted by Crippen LogP contribution is 2.43. The van der Waals surface area contributed by atoms with Gasteiger partial charge < -0.3 is 16.4 Å². The number of hydrogen-bond donors (Lipinski definition) is 3. The number of carbonyl (C=O) groups is 1. The van der Waals surface area contributed by atoms with Crippen molar-refractivity contribution in [1.82, 2.24) is 19.5 Å². The summed E-state index contributed by atoms with van der Waals surface area (Å²) in [6, 6.07) is 1.04. The summed E-state index contributed by atoms with van der Waals surface area (Å²) in [6.45, 7) is 1.82. The molecule has 8 nitrogen and oxygen atoms in total. The van der Waals surface area contributed by atoms with Crippen LogP contribution in [0.2, 0.25) is 5.02 Å². The number of alkyl halides is 2. The van der Waals surface area contributed by atoms with Gasteiger partial charge in [-0.2, -0.15) is 4.98 Å². The second-order valence-corrected chi connectivity index (χ2v) is 10.2. The number of imidazole rings is 1. The Balaban J connectivity index is 1.52. The molecule has 0 bridgehead atoms. The lowest BCUT2D eigenvalue weighted by atomic mass is 9.73. The van der Waals surface area contributed by atoms with Gasteiger partial charge in [0, 0.05) is 36.4 Å². The first-order chi connectivity index (χ1) is 16.9. The molecule has 2 aromatic heterocycles. The maximum Gasteiger partial charge on any atom is 0.252 e. The number of primary amides is 1. The van der Waals surface area contributed by atoms with Gasteiger partial charge >= 0.3 is 0 Å². The van der Waals surface area contributed by atoms with E-state index in [1.807, 2.05) is 6.92 Å². The van der Waals surface area contributed by atoms with Crippen LogP contribution in [0, 0.1) is 17.0 Å². The first-order valence-electron chi connectivity index (χ1n) is 11.5. The summed E-state index contributed by atoms with van der Waals surface area (Å²) < 4.78 is 56.4. The molecule has 2 heterocycles. The standard InChI is InChI=1S/C23H24ClF4N7O/c1-22(19(29)36)4-2-13(3-5-22)35-18-16(10-30-20(34-18)31-12-8-23(27,28)9-12)32-21(35)33-17-14(24)6-11(25)7-15(17)26/h6-7,10,12-13H,2-5,8-9H2,1H3,(H2,29,36)(H,32,33)(H,30,31,34)/t13-,22+. The number of nitrogens with one attached hydrogen (secondary N) is 2. The first-order valence-corrected chi connectivity index (χ1v) is 11.9. The molecule has 1 aromatic carbocycles. The highest BCUT2D eigenvalue weighted by atomic mass is 35.5. The van der Waals surface area contributed by atoms with Gasteiger partial charge in [-0.15, -0.1) is 0 Å². The van der Waals surface area contributed by atoms with Crippen molar-refractivity contribution < 1.29 is 22.4 Å². The molecule has 1 amide bonds. The largest absolute Gasteiger partial charge is 0.369 e. The van der Waals surface area contributed by atoms with Crippen molar-refractivity contribution in [2.75, 3.05) is 10.6 Å². The molecule has 5 rings (SSSR count). The number of nitrogens with two attached hydrogens (primary N) is 1. The van der Waals surface area contributed by atoms with Crippen LogP contribution in [-0.2, 0) is 4.79 Å². The van der Waals surface area contributed by atoms with Crippen LogP contribution in [-0.4, -0.2) is 37.4 Å². The highest BCUT2D eigenvalue weighted by molar-refractivity contribution is 6.33. The van der Waals surface area contributed by atoms with Gasteiger partial charge in [-0.05, 0) is 31.7 Å². The molecule has 0 aliphatic heterocycles. The fourth-order valence-electron chi connectivity index (χ4n) is 4.86. The second kappa shape index (κ2) is 8.75. The van der Waals surface area contributed by atoms with Crippen molar-refractivity contribution in [2.45, 2.75) is 63.5 Å². The van der Waals surface area contributed by atoms with E-state index in [-0.39, 0.29) is 47.4 Å². The molecule has 13 heteroatoms. The molecular weight excluding hydrogens is 502 g/mol. The summed E-state index contributed by atoms with van der Waals surface area (Å²) in [4.78, 5) is 25.2. The molecule has 0 radical (unpaired) electrons. The number of aromatic nitrogens is 4. The Hall–Kier alpha value is -3.15. The molecule has 0 unspecified atom stereocenters. The maximum absolute atomic E-state index is 14.6. The summed E-state index contributed by atoms with van der Waals surface area (Å²) in [5.41, 5.74) is 5.57. The van der Waals surface area contributed by atoms with Gasteiger partial charge in [0.25, 0.3) is 5.92 Å². The fourth-order valence-corrected chi connectivity index (χ4v) is 5.10. The van der Waals surface area contributed by atoms with Crippen LogP contribution in [0.25, 0.3) is 11.2 Å². The second-order valence-electron chi connectivity index (χ2n) is 9.84. The number of carbonyl (C=O) groups excluding carboxylic acids is 1. The Morgan fingerprint density at radius 1 is 1.19 bits per heavy atom.